The molecule has 0 radical (unpaired) electrons. The number of aryl methyl sites for hydroxylation is 1. The monoisotopic (exact) mass is 265 g/mol. The van der Waals surface area contributed by atoms with Gasteiger partial charge < -0.3 is 19.1 Å². The van der Waals surface area contributed by atoms with Crippen LogP contribution in [0.3, 0.4) is 0 Å². The Morgan fingerprint density at radius 1 is 1.21 bits per heavy atom. The summed E-state index contributed by atoms with van der Waals surface area (Å²) in [7, 11) is 1.71. The Morgan fingerprint density at radius 2 is 2.00 bits per heavy atom. The molecule has 0 aromatic heterocycles. The normalized spacial score (nSPS) is 15.6. The van der Waals surface area contributed by atoms with Gasteiger partial charge in [0.1, 0.15) is 5.75 Å². The summed E-state index contributed by atoms with van der Waals surface area (Å²) in [5.74, 6) is 0.970. The van der Waals surface area contributed by atoms with Crippen molar-refractivity contribution >= 4 is 5.69 Å². The molecule has 1 aromatic rings. The zero-order chi connectivity index (χ0) is 13.5. The van der Waals surface area contributed by atoms with Crippen LogP contribution in [0.5, 0.6) is 5.75 Å². The van der Waals surface area contributed by atoms with E-state index in [-0.39, 0.29) is 0 Å². The number of anilines is 1. The van der Waals surface area contributed by atoms with E-state index in [1.165, 1.54) is 11.3 Å². The number of hydrogen-bond acceptors (Lipinski definition) is 4. The average Bonchev–Trinajstić information content (AvgIpc) is 2.45. The van der Waals surface area contributed by atoms with Gasteiger partial charge in [-0.1, -0.05) is 6.07 Å². The second-order valence-electron chi connectivity index (χ2n) is 4.77. The molecular weight excluding hydrogens is 242 g/mol. The molecule has 0 atom stereocenters. The largest absolute Gasteiger partial charge is 0.491 e. The average molecular weight is 265 g/mol. The summed E-state index contributed by atoms with van der Waals surface area (Å²) < 4.78 is 16.4. The maximum absolute atomic E-state index is 5.91. The van der Waals surface area contributed by atoms with Gasteiger partial charge in [-0.25, -0.2) is 0 Å². The lowest BCUT2D eigenvalue weighted by molar-refractivity contribution is 0.122. The number of hydrogen-bond donors (Lipinski definition) is 0. The van der Waals surface area contributed by atoms with Gasteiger partial charge in [-0.15, -0.1) is 0 Å². The molecule has 1 heterocycles. The minimum atomic E-state index is 0.689. The van der Waals surface area contributed by atoms with Gasteiger partial charge in [-0.2, -0.15) is 0 Å². The van der Waals surface area contributed by atoms with E-state index in [1.807, 2.05) is 0 Å². The highest BCUT2D eigenvalue weighted by atomic mass is 16.5. The lowest BCUT2D eigenvalue weighted by atomic mass is 10.2. The maximum atomic E-state index is 5.91. The first kappa shape index (κ1) is 14.2. The molecule has 1 fully saturated rings. The zero-order valence-electron chi connectivity index (χ0n) is 11.9. The van der Waals surface area contributed by atoms with Crippen molar-refractivity contribution < 1.29 is 14.2 Å². The number of methoxy groups -OCH3 is 1. The molecule has 0 saturated carbocycles. The van der Waals surface area contributed by atoms with Crippen molar-refractivity contribution in [2.75, 3.05) is 51.5 Å². The van der Waals surface area contributed by atoms with E-state index in [9.17, 15) is 0 Å². The van der Waals surface area contributed by atoms with Crippen molar-refractivity contribution in [1.82, 2.24) is 0 Å². The van der Waals surface area contributed by atoms with Crippen molar-refractivity contribution in [3.05, 3.63) is 23.8 Å². The Morgan fingerprint density at radius 3 is 2.74 bits per heavy atom. The number of ether oxygens (including phenoxy) is 3. The van der Waals surface area contributed by atoms with E-state index >= 15 is 0 Å². The lowest BCUT2D eigenvalue weighted by Crippen LogP contribution is -2.36. The third-order valence-electron chi connectivity index (χ3n) is 3.22. The second kappa shape index (κ2) is 7.36. The highest BCUT2D eigenvalue weighted by Gasteiger charge is 2.15. The number of benzene rings is 1. The topological polar surface area (TPSA) is 30.9 Å². The van der Waals surface area contributed by atoms with Crippen LogP contribution in [0.25, 0.3) is 0 Å². The fourth-order valence-corrected chi connectivity index (χ4v) is 2.19. The molecule has 0 amide bonds. The summed E-state index contributed by atoms with van der Waals surface area (Å²) in [6.45, 7) is 6.95. The molecule has 4 nitrogen and oxygen atoms in total. The highest BCUT2D eigenvalue weighted by molar-refractivity contribution is 5.60. The fourth-order valence-electron chi connectivity index (χ4n) is 2.19. The van der Waals surface area contributed by atoms with Gasteiger partial charge in [0.15, 0.2) is 0 Å². The van der Waals surface area contributed by atoms with Gasteiger partial charge in [0.05, 0.1) is 25.5 Å². The van der Waals surface area contributed by atoms with Crippen LogP contribution in [0, 0.1) is 6.92 Å². The summed E-state index contributed by atoms with van der Waals surface area (Å²) in [4.78, 5) is 2.33. The molecule has 0 spiro atoms. The first-order valence-corrected chi connectivity index (χ1v) is 6.86. The minimum absolute atomic E-state index is 0.689. The Kier molecular flexibility index (Phi) is 5.48. The van der Waals surface area contributed by atoms with Gasteiger partial charge in [0.2, 0.25) is 0 Å². The van der Waals surface area contributed by atoms with Crippen molar-refractivity contribution in [2.45, 2.75) is 13.3 Å². The number of morpholine rings is 1. The van der Waals surface area contributed by atoms with E-state index in [4.69, 9.17) is 14.2 Å². The molecule has 0 aliphatic carbocycles. The van der Waals surface area contributed by atoms with Crippen LogP contribution < -0.4 is 9.64 Å². The van der Waals surface area contributed by atoms with Gasteiger partial charge in [-0.3, -0.25) is 0 Å². The Balaban J connectivity index is 2.03. The molecule has 1 saturated heterocycles. The van der Waals surface area contributed by atoms with E-state index in [0.29, 0.717) is 6.61 Å². The molecule has 2 rings (SSSR count). The summed E-state index contributed by atoms with van der Waals surface area (Å²) in [6.07, 6.45) is 0.910. The predicted octanol–water partition coefficient (Wildman–Crippen LogP) is 2.25. The van der Waals surface area contributed by atoms with E-state index < -0.39 is 0 Å². The Bertz CT molecular complexity index is 389. The smallest absolute Gasteiger partial charge is 0.142 e. The van der Waals surface area contributed by atoms with Crippen LogP contribution in [-0.4, -0.2) is 46.6 Å². The summed E-state index contributed by atoms with van der Waals surface area (Å²) in [5.41, 5.74) is 2.39. The fraction of sp³-hybridized carbons (Fsp3) is 0.600. The molecule has 0 unspecified atom stereocenters. The van der Waals surface area contributed by atoms with Gasteiger partial charge in [0, 0.05) is 33.2 Å². The maximum Gasteiger partial charge on any atom is 0.142 e. The van der Waals surface area contributed by atoms with Gasteiger partial charge in [-0.05, 0) is 24.6 Å². The molecular formula is C15H23NO3. The quantitative estimate of drug-likeness (QED) is 0.738. The predicted molar refractivity (Wildman–Crippen MR) is 76.2 cm³/mol. The van der Waals surface area contributed by atoms with Crippen LogP contribution in [-0.2, 0) is 9.47 Å². The highest BCUT2D eigenvalue weighted by Crippen LogP contribution is 2.30. The molecule has 4 heteroatoms. The first-order chi connectivity index (χ1) is 9.31. The second-order valence-corrected chi connectivity index (χ2v) is 4.77. The molecule has 0 N–H and O–H groups in total. The van der Waals surface area contributed by atoms with Crippen LogP contribution in [0.15, 0.2) is 18.2 Å². The van der Waals surface area contributed by atoms with Gasteiger partial charge >= 0.3 is 0 Å². The van der Waals surface area contributed by atoms with E-state index in [1.54, 1.807) is 7.11 Å². The van der Waals surface area contributed by atoms with Crippen molar-refractivity contribution in [3.63, 3.8) is 0 Å². The van der Waals surface area contributed by atoms with E-state index in [2.05, 4.69) is 30.0 Å². The van der Waals surface area contributed by atoms with Crippen molar-refractivity contribution in [1.29, 1.82) is 0 Å². The zero-order valence-corrected chi connectivity index (χ0v) is 11.9. The van der Waals surface area contributed by atoms with Crippen molar-refractivity contribution in [2.24, 2.45) is 0 Å². The number of nitrogens with zero attached hydrogens (tertiary/aromatic N) is 1. The molecule has 19 heavy (non-hydrogen) atoms. The lowest BCUT2D eigenvalue weighted by Gasteiger charge is -2.30. The first-order valence-electron chi connectivity index (χ1n) is 6.86. The third kappa shape index (κ3) is 4.11. The molecule has 1 aliphatic rings. The minimum Gasteiger partial charge on any atom is -0.491 e. The van der Waals surface area contributed by atoms with Crippen LogP contribution in [0.1, 0.15) is 12.0 Å². The summed E-state index contributed by atoms with van der Waals surface area (Å²) in [5, 5.41) is 0. The Labute approximate surface area is 115 Å². The summed E-state index contributed by atoms with van der Waals surface area (Å²) in [6, 6.07) is 6.39. The number of rotatable bonds is 6. The Hall–Kier alpha value is -1.26. The standard InChI is InChI=1S/C15H23NO3/c1-13-4-5-14(16-6-10-18-11-7-16)15(12-13)19-9-3-8-17-2/h4-5,12H,3,6-11H2,1-2H3. The molecule has 106 valence electrons. The van der Waals surface area contributed by atoms with E-state index in [0.717, 1.165) is 45.1 Å². The summed E-state index contributed by atoms with van der Waals surface area (Å²) >= 11 is 0. The van der Waals surface area contributed by atoms with Crippen molar-refractivity contribution in [3.8, 4) is 5.75 Å². The van der Waals surface area contributed by atoms with Gasteiger partial charge in [0.25, 0.3) is 0 Å². The van der Waals surface area contributed by atoms with Crippen LogP contribution >= 0.6 is 0 Å². The third-order valence-corrected chi connectivity index (χ3v) is 3.22. The molecule has 1 aliphatic heterocycles. The molecule has 0 bridgehead atoms. The SMILES string of the molecule is COCCCOc1cc(C)ccc1N1CCOCC1. The van der Waals surface area contributed by atoms with Crippen LogP contribution in [0.4, 0.5) is 5.69 Å². The molecule has 1 aromatic carbocycles. The van der Waals surface area contributed by atoms with Crippen LogP contribution in [0.2, 0.25) is 0 Å².